The zero-order valence-corrected chi connectivity index (χ0v) is 13.7. The topological polar surface area (TPSA) is 75.4 Å². The molecule has 1 aromatic heterocycles. The molecule has 0 aliphatic heterocycles. The smallest absolute Gasteiger partial charge is 0.155 e. The van der Waals surface area contributed by atoms with Crippen molar-refractivity contribution in [3.05, 3.63) is 46.8 Å². The molecule has 0 radical (unpaired) electrons. The van der Waals surface area contributed by atoms with E-state index in [1.165, 1.54) is 18.2 Å². The summed E-state index contributed by atoms with van der Waals surface area (Å²) in [6, 6.07) is 1.48. The molecule has 1 unspecified atom stereocenters. The lowest BCUT2D eigenvalue weighted by Gasteiger charge is -2.14. The number of halogens is 1. The number of aromatic hydroxyl groups is 1. The fourth-order valence-electron chi connectivity index (χ4n) is 2.08. The molecule has 0 fully saturated rings. The van der Waals surface area contributed by atoms with Crippen molar-refractivity contribution in [3.63, 3.8) is 0 Å². The maximum atomic E-state index is 12.5. The minimum atomic E-state index is -1.59. The zero-order valence-electron chi connectivity index (χ0n) is 12.1. The predicted molar refractivity (Wildman–Crippen MR) is 89.3 cm³/mol. The third kappa shape index (κ3) is 2.80. The van der Waals surface area contributed by atoms with Gasteiger partial charge in [0.25, 0.3) is 0 Å². The SMILES string of the molecule is C=Cc1c(NS(=O)c2c(C)noc2C)cc(Cl)c(O)c1C=C. The Bertz CT molecular complexity index is 764. The fraction of sp³-hybridized carbons (Fsp3) is 0.133. The van der Waals surface area contributed by atoms with E-state index in [0.717, 1.165) is 0 Å². The molecule has 0 saturated heterocycles. The highest BCUT2D eigenvalue weighted by molar-refractivity contribution is 7.86. The van der Waals surface area contributed by atoms with E-state index < -0.39 is 11.0 Å². The Balaban J connectivity index is 2.50. The molecule has 2 N–H and O–H groups in total. The van der Waals surface area contributed by atoms with E-state index in [0.29, 0.717) is 33.2 Å². The van der Waals surface area contributed by atoms with Crippen LogP contribution in [0.2, 0.25) is 5.02 Å². The lowest BCUT2D eigenvalue weighted by atomic mass is 10.0. The summed E-state index contributed by atoms with van der Waals surface area (Å²) in [6.07, 6.45) is 2.99. The van der Waals surface area contributed by atoms with Crippen molar-refractivity contribution in [1.82, 2.24) is 5.16 Å². The van der Waals surface area contributed by atoms with Gasteiger partial charge in [0, 0.05) is 11.1 Å². The minimum absolute atomic E-state index is 0.0970. The van der Waals surface area contributed by atoms with Crippen LogP contribution in [0.5, 0.6) is 5.75 Å². The molecule has 0 aliphatic carbocycles. The summed E-state index contributed by atoms with van der Waals surface area (Å²) in [4.78, 5) is 0.472. The number of aryl methyl sites for hydroxylation is 2. The van der Waals surface area contributed by atoms with Gasteiger partial charge in [-0.1, -0.05) is 42.1 Å². The second-order valence-corrected chi connectivity index (χ2v) is 6.07. The summed E-state index contributed by atoms with van der Waals surface area (Å²) >= 11 is 6.00. The van der Waals surface area contributed by atoms with E-state index >= 15 is 0 Å². The van der Waals surface area contributed by atoms with E-state index in [2.05, 4.69) is 23.0 Å². The number of hydrogen-bond donors (Lipinski definition) is 2. The lowest BCUT2D eigenvalue weighted by Crippen LogP contribution is -2.08. The number of nitrogens with one attached hydrogen (secondary N) is 1. The molecule has 0 amide bonds. The molecule has 2 aromatic rings. The van der Waals surface area contributed by atoms with Crippen LogP contribution in [0.15, 0.2) is 28.6 Å². The van der Waals surface area contributed by atoms with E-state index in [1.807, 2.05) is 0 Å². The number of anilines is 1. The maximum Gasteiger partial charge on any atom is 0.155 e. The lowest BCUT2D eigenvalue weighted by molar-refractivity contribution is 0.391. The molecule has 1 heterocycles. The molecular weight excluding hydrogens is 324 g/mol. The average molecular weight is 339 g/mol. The van der Waals surface area contributed by atoms with Gasteiger partial charge >= 0.3 is 0 Å². The average Bonchev–Trinajstić information content (AvgIpc) is 2.81. The summed E-state index contributed by atoms with van der Waals surface area (Å²) in [5, 5.41) is 13.9. The van der Waals surface area contributed by atoms with Gasteiger partial charge in [0.05, 0.1) is 16.4 Å². The molecule has 1 atom stereocenters. The van der Waals surface area contributed by atoms with Crippen LogP contribution >= 0.6 is 11.6 Å². The van der Waals surface area contributed by atoms with Crippen molar-refractivity contribution in [1.29, 1.82) is 0 Å². The summed E-state index contributed by atoms with van der Waals surface area (Å²) < 4.78 is 20.4. The van der Waals surface area contributed by atoms with Gasteiger partial charge in [0.2, 0.25) is 0 Å². The van der Waals surface area contributed by atoms with Crippen molar-refractivity contribution >= 4 is 40.4 Å². The molecule has 0 saturated carbocycles. The van der Waals surface area contributed by atoms with Crippen LogP contribution in [-0.4, -0.2) is 14.5 Å². The van der Waals surface area contributed by atoms with Gasteiger partial charge in [-0.2, -0.15) is 0 Å². The molecule has 0 bridgehead atoms. The normalized spacial score (nSPS) is 12.0. The number of phenolic OH excluding ortho intramolecular Hbond substituents is 1. The Morgan fingerprint density at radius 1 is 1.36 bits per heavy atom. The molecule has 7 heteroatoms. The van der Waals surface area contributed by atoms with Gasteiger partial charge in [0.15, 0.2) is 16.7 Å². The van der Waals surface area contributed by atoms with Crippen molar-refractivity contribution < 1.29 is 13.8 Å². The number of benzene rings is 1. The largest absolute Gasteiger partial charge is 0.506 e. The first kappa shape index (κ1) is 16.3. The highest BCUT2D eigenvalue weighted by Gasteiger charge is 2.19. The minimum Gasteiger partial charge on any atom is -0.506 e. The highest BCUT2D eigenvalue weighted by Crippen LogP contribution is 2.37. The molecule has 22 heavy (non-hydrogen) atoms. The van der Waals surface area contributed by atoms with E-state index in [9.17, 15) is 9.32 Å². The van der Waals surface area contributed by atoms with E-state index in [1.54, 1.807) is 13.8 Å². The molecule has 116 valence electrons. The number of aromatic nitrogens is 1. The van der Waals surface area contributed by atoms with Gasteiger partial charge < -0.3 is 14.4 Å². The first-order chi connectivity index (χ1) is 10.4. The Morgan fingerprint density at radius 3 is 2.50 bits per heavy atom. The Hall–Kier alpha value is -2.05. The van der Waals surface area contributed by atoms with Gasteiger partial charge in [-0.05, 0) is 19.9 Å². The number of hydrogen-bond acceptors (Lipinski definition) is 4. The standard InChI is InChI=1S/C15H15ClN2O3S/c1-5-10-11(6-2)14(19)12(16)7-13(10)18-22(20)15-8(3)17-21-9(15)4/h5-7,18-19H,1-2H2,3-4H3. The molecule has 0 aliphatic rings. The Morgan fingerprint density at radius 2 is 2.00 bits per heavy atom. The van der Waals surface area contributed by atoms with Crippen molar-refractivity contribution in [2.75, 3.05) is 4.72 Å². The third-order valence-corrected chi connectivity index (χ3v) is 4.74. The second kappa shape index (κ2) is 6.37. The van der Waals surface area contributed by atoms with Crippen molar-refractivity contribution in [2.45, 2.75) is 18.7 Å². The molecule has 2 rings (SSSR count). The molecular formula is C15H15ClN2O3S. The van der Waals surface area contributed by atoms with Crippen LogP contribution in [0.25, 0.3) is 12.2 Å². The van der Waals surface area contributed by atoms with Crippen LogP contribution < -0.4 is 4.72 Å². The van der Waals surface area contributed by atoms with Gasteiger partial charge in [-0.3, -0.25) is 0 Å². The molecule has 0 spiro atoms. The van der Waals surface area contributed by atoms with Crippen LogP contribution in [-0.2, 0) is 11.0 Å². The molecule has 5 nitrogen and oxygen atoms in total. The predicted octanol–water partition coefficient (Wildman–Crippen LogP) is 4.07. The number of phenols is 1. The van der Waals surface area contributed by atoms with E-state index in [4.69, 9.17) is 16.1 Å². The van der Waals surface area contributed by atoms with Crippen molar-refractivity contribution in [2.24, 2.45) is 0 Å². The summed E-state index contributed by atoms with van der Waals surface area (Å²) in [6.45, 7) is 10.7. The quantitative estimate of drug-likeness (QED) is 0.806. The van der Waals surface area contributed by atoms with Crippen molar-refractivity contribution in [3.8, 4) is 5.75 Å². The first-order valence-electron chi connectivity index (χ1n) is 6.32. The second-order valence-electron chi connectivity index (χ2n) is 4.51. The molecule has 1 aromatic carbocycles. The van der Waals surface area contributed by atoms with Crippen LogP contribution in [0, 0.1) is 13.8 Å². The summed E-state index contributed by atoms with van der Waals surface area (Å²) in [5.74, 6) is 0.373. The third-order valence-electron chi connectivity index (χ3n) is 3.10. The Labute approximate surface area is 135 Å². The van der Waals surface area contributed by atoms with Gasteiger partial charge in [-0.25, -0.2) is 4.21 Å². The highest BCUT2D eigenvalue weighted by atomic mass is 35.5. The van der Waals surface area contributed by atoms with Gasteiger partial charge in [0.1, 0.15) is 10.6 Å². The van der Waals surface area contributed by atoms with Crippen LogP contribution in [0.1, 0.15) is 22.6 Å². The maximum absolute atomic E-state index is 12.5. The number of nitrogens with zero attached hydrogens (tertiary/aromatic N) is 1. The zero-order chi connectivity index (χ0) is 16.4. The van der Waals surface area contributed by atoms with Gasteiger partial charge in [-0.15, -0.1) is 0 Å². The first-order valence-corrected chi connectivity index (χ1v) is 7.85. The van der Waals surface area contributed by atoms with Crippen LogP contribution in [0.4, 0.5) is 5.69 Å². The Kier molecular flexibility index (Phi) is 4.73. The number of rotatable bonds is 5. The van der Waals surface area contributed by atoms with E-state index in [-0.39, 0.29) is 10.8 Å². The summed E-state index contributed by atoms with van der Waals surface area (Å²) in [7, 11) is -1.59. The monoisotopic (exact) mass is 338 g/mol. The fourth-order valence-corrected chi connectivity index (χ4v) is 3.36. The van der Waals surface area contributed by atoms with Crippen LogP contribution in [0.3, 0.4) is 0 Å². The summed E-state index contributed by atoms with van der Waals surface area (Å²) in [5.41, 5.74) is 1.97.